The highest BCUT2D eigenvalue weighted by Crippen LogP contribution is 2.66. The Labute approximate surface area is 247 Å². The maximum atomic E-state index is 14.4. The van der Waals surface area contributed by atoms with Gasteiger partial charge in [0.2, 0.25) is 17.7 Å². The summed E-state index contributed by atoms with van der Waals surface area (Å²) < 4.78 is 4.78. The van der Waals surface area contributed by atoms with E-state index in [0.717, 1.165) is 25.1 Å². The molecule has 4 aliphatic rings. The Morgan fingerprint density at radius 3 is 2.46 bits per heavy atom. The summed E-state index contributed by atoms with van der Waals surface area (Å²) in [5.74, 6) is -1.46. The van der Waals surface area contributed by atoms with Crippen molar-refractivity contribution >= 4 is 29.5 Å². The van der Waals surface area contributed by atoms with Crippen LogP contribution >= 0.6 is 11.8 Å². The Morgan fingerprint density at radius 2 is 1.78 bits per heavy atom. The van der Waals surface area contributed by atoms with Crippen LogP contribution in [0.2, 0.25) is 0 Å². The minimum Gasteiger partial charge on any atom is -0.395 e. The maximum absolute atomic E-state index is 14.4. The van der Waals surface area contributed by atoms with Gasteiger partial charge in [0.15, 0.2) is 0 Å². The number of thioether (sulfide) groups is 1. The zero-order chi connectivity index (χ0) is 29.0. The zero-order valence-electron chi connectivity index (χ0n) is 23.7. The molecule has 1 aromatic rings. The summed E-state index contributed by atoms with van der Waals surface area (Å²) in [5.41, 5.74) is 1.02. The summed E-state index contributed by atoms with van der Waals surface area (Å²) in [5, 5.41) is 9.92. The van der Waals surface area contributed by atoms with Crippen LogP contribution in [0.4, 0.5) is 0 Å². The number of hydrogen-bond donors (Lipinski definition) is 1. The number of rotatable bonds is 13. The summed E-state index contributed by atoms with van der Waals surface area (Å²) in [7, 11) is 0. The number of morpholine rings is 1. The molecule has 4 saturated heterocycles. The molecule has 4 heterocycles. The van der Waals surface area contributed by atoms with Crippen LogP contribution in [-0.4, -0.2) is 124 Å². The number of benzene rings is 1. The fourth-order valence-electron chi connectivity index (χ4n) is 7.17. The van der Waals surface area contributed by atoms with E-state index in [0.29, 0.717) is 52.4 Å². The first-order valence-electron chi connectivity index (χ1n) is 14.7. The molecule has 0 radical (unpaired) electrons. The normalized spacial score (nSPS) is 28.9. The van der Waals surface area contributed by atoms with E-state index in [1.165, 1.54) is 0 Å². The number of carbonyl (C=O) groups excluding carboxylic acids is 3. The SMILES string of the molecule is C=CCN(CCN1CCOCC1)C(=O)C1N(CCO)C(=O)[C@@H]2[C@H](C(=O)N(CC=C)Cc3ccccc3)[C@@H]3CCC12S3. The lowest BCUT2D eigenvalue weighted by Gasteiger charge is -2.38. The molecule has 1 aromatic carbocycles. The van der Waals surface area contributed by atoms with Crippen molar-refractivity contribution in [1.82, 2.24) is 19.6 Å². The van der Waals surface area contributed by atoms with Gasteiger partial charge in [-0.3, -0.25) is 19.3 Å². The van der Waals surface area contributed by atoms with E-state index < -0.39 is 22.6 Å². The van der Waals surface area contributed by atoms with Crippen LogP contribution in [0.1, 0.15) is 18.4 Å². The molecule has 41 heavy (non-hydrogen) atoms. The first-order valence-corrected chi connectivity index (χ1v) is 15.6. The Balaban J connectivity index is 1.41. The first kappa shape index (κ1) is 29.8. The summed E-state index contributed by atoms with van der Waals surface area (Å²) in [6, 6.07) is 9.11. The smallest absolute Gasteiger partial charge is 0.247 e. The lowest BCUT2D eigenvalue weighted by molar-refractivity contribution is -0.145. The van der Waals surface area contributed by atoms with Crippen molar-refractivity contribution in [3.8, 4) is 0 Å². The predicted octanol–water partition coefficient (Wildman–Crippen LogP) is 1.63. The van der Waals surface area contributed by atoms with E-state index in [2.05, 4.69) is 18.1 Å². The van der Waals surface area contributed by atoms with Gasteiger partial charge < -0.3 is 24.5 Å². The quantitative estimate of drug-likeness (QED) is 0.354. The van der Waals surface area contributed by atoms with Gasteiger partial charge in [0.25, 0.3) is 0 Å². The molecule has 0 aromatic heterocycles. The molecule has 9 nitrogen and oxygen atoms in total. The highest BCUT2D eigenvalue weighted by Gasteiger charge is 2.74. The number of carbonyl (C=O) groups is 3. The van der Waals surface area contributed by atoms with E-state index in [1.54, 1.807) is 38.6 Å². The maximum Gasteiger partial charge on any atom is 0.247 e. The summed E-state index contributed by atoms with van der Waals surface area (Å²) in [6.45, 7) is 13.0. The van der Waals surface area contributed by atoms with Crippen LogP contribution in [0.5, 0.6) is 0 Å². The molecule has 4 fully saturated rings. The predicted molar refractivity (Wildman–Crippen MR) is 159 cm³/mol. The van der Waals surface area contributed by atoms with Crippen LogP contribution in [0.25, 0.3) is 0 Å². The number of nitrogens with zero attached hydrogens (tertiary/aromatic N) is 4. The Morgan fingerprint density at radius 1 is 1.07 bits per heavy atom. The molecule has 0 aliphatic carbocycles. The number of β-amino-alcohol motifs (C(OH)–C–C–N with tert-alkyl or cyclic N) is 1. The van der Waals surface area contributed by atoms with Gasteiger partial charge in [-0.1, -0.05) is 42.5 Å². The van der Waals surface area contributed by atoms with Crippen molar-refractivity contribution in [2.75, 3.05) is 65.6 Å². The second kappa shape index (κ2) is 13.1. The van der Waals surface area contributed by atoms with Gasteiger partial charge in [-0.2, -0.15) is 0 Å². The molecule has 5 atom stereocenters. The highest BCUT2D eigenvalue weighted by molar-refractivity contribution is 8.02. The molecule has 10 heteroatoms. The molecule has 2 unspecified atom stereocenters. The van der Waals surface area contributed by atoms with E-state index in [4.69, 9.17) is 4.74 Å². The third kappa shape index (κ3) is 5.71. The van der Waals surface area contributed by atoms with E-state index in [9.17, 15) is 19.5 Å². The second-order valence-electron chi connectivity index (χ2n) is 11.3. The van der Waals surface area contributed by atoms with Gasteiger partial charge in [0.1, 0.15) is 6.04 Å². The van der Waals surface area contributed by atoms with Crippen molar-refractivity contribution in [3.63, 3.8) is 0 Å². The first-order chi connectivity index (χ1) is 19.9. The largest absolute Gasteiger partial charge is 0.395 e. The van der Waals surface area contributed by atoms with Gasteiger partial charge in [0, 0.05) is 57.6 Å². The number of fused-ring (bicyclic) bond motifs is 1. The van der Waals surface area contributed by atoms with E-state index in [-0.39, 0.29) is 36.1 Å². The van der Waals surface area contributed by atoms with Crippen LogP contribution in [-0.2, 0) is 25.7 Å². The van der Waals surface area contributed by atoms with Crippen LogP contribution in [0.15, 0.2) is 55.6 Å². The average molecular weight is 583 g/mol. The van der Waals surface area contributed by atoms with Gasteiger partial charge in [-0.15, -0.1) is 24.9 Å². The molecule has 4 aliphatic heterocycles. The number of aliphatic hydroxyl groups is 1. The second-order valence-corrected chi connectivity index (χ2v) is 12.9. The van der Waals surface area contributed by atoms with E-state index in [1.807, 2.05) is 30.3 Å². The van der Waals surface area contributed by atoms with Crippen molar-refractivity contribution in [3.05, 3.63) is 61.2 Å². The number of aliphatic hydroxyl groups excluding tert-OH is 1. The van der Waals surface area contributed by atoms with Crippen LogP contribution in [0.3, 0.4) is 0 Å². The van der Waals surface area contributed by atoms with Crippen molar-refractivity contribution < 1.29 is 24.2 Å². The minimum absolute atomic E-state index is 0.0210. The molecular formula is C31H42N4O5S. The number of likely N-dealkylation sites (tertiary alicyclic amines) is 1. The van der Waals surface area contributed by atoms with Gasteiger partial charge in [0.05, 0.1) is 36.4 Å². The molecule has 0 saturated carbocycles. The third-order valence-corrected chi connectivity index (χ3v) is 10.9. The van der Waals surface area contributed by atoms with Gasteiger partial charge in [-0.25, -0.2) is 0 Å². The fourth-order valence-corrected chi connectivity index (χ4v) is 9.38. The molecule has 222 valence electrons. The van der Waals surface area contributed by atoms with Gasteiger partial charge in [-0.05, 0) is 18.4 Å². The Bertz CT molecular complexity index is 1130. The number of hydrogen-bond acceptors (Lipinski definition) is 7. The minimum atomic E-state index is -0.716. The molecule has 2 bridgehead atoms. The monoisotopic (exact) mass is 582 g/mol. The zero-order valence-corrected chi connectivity index (χ0v) is 24.6. The number of ether oxygens (including phenoxy) is 1. The summed E-state index contributed by atoms with van der Waals surface area (Å²) in [6.07, 6.45) is 4.93. The molecule has 3 amide bonds. The molecular weight excluding hydrogens is 540 g/mol. The van der Waals surface area contributed by atoms with Crippen LogP contribution in [0, 0.1) is 11.8 Å². The number of amides is 3. The van der Waals surface area contributed by atoms with E-state index >= 15 is 0 Å². The van der Waals surface area contributed by atoms with Crippen molar-refractivity contribution in [1.29, 1.82) is 0 Å². The summed E-state index contributed by atoms with van der Waals surface area (Å²) in [4.78, 5) is 50.1. The fraction of sp³-hybridized carbons (Fsp3) is 0.581. The Hall–Kier alpha value is -2.66. The molecule has 1 N–H and O–H groups in total. The van der Waals surface area contributed by atoms with Crippen molar-refractivity contribution in [2.45, 2.75) is 35.4 Å². The lowest BCUT2D eigenvalue weighted by atomic mass is 9.70. The van der Waals surface area contributed by atoms with Crippen LogP contribution < -0.4 is 0 Å². The molecule has 1 spiro atoms. The highest BCUT2D eigenvalue weighted by atomic mass is 32.2. The van der Waals surface area contributed by atoms with Crippen molar-refractivity contribution in [2.24, 2.45) is 11.8 Å². The summed E-state index contributed by atoms with van der Waals surface area (Å²) >= 11 is 1.66. The van der Waals surface area contributed by atoms with Gasteiger partial charge >= 0.3 is 0 Å². The lowest BCUT2D eigenvalue weighted by Crippen LogP contribution is -2.56. The average Bonchev–Trinajstić information content (AvgIpc) is 3.63. The standard InChI is InChI=1S/C31H42N4O5S/c1-3-12-33(15-14-32-17-20-40-21-18-32)30(39)27-31-11-10-24(41-31)25(26(31)29(38)35(27)16-19-36)28(37)34(13-4-2)22-23-8-6-5-7-9-23/h3-9,24-27,36H,1-2,10-22H2/t24-,25+,26-,27?,31?/m0/s1. The topological polar surface area (TPSA) is 93.6 Å². The third-order valence-electron chi connectivity index (χ3n) is 8.99. The molecule has 5 rings (SSSR count). The Kier molecular flexibility index (Phi) is 9.53.